The minimum atomic E-state index is -0.809. The molecule has 0 spiro atoms. The fraction of sp³-hybridized carbons (Fsp3) is 0.500. The van der Waals surface area contributed by atoms with E-state index in [9.17, 15) is 9.59 Å². The van der Waals surface area contributed by atoms with E-state index in [0.717, 1.165) is 5.56 Å². The van der Waals surface area contributed by atoms with Crippen molar-refractivity contribution in [1.82, 2.24) is 4.90 Å². The molecule has 1 aromatic carbocycles. The quantitative estimate of drug-likeness (QED) is 0.816. The van der Waals surface area contributed by atoms with Crippen LogP contribution < -0.4 is 0 Å². The number of hydrogen-bond acceptors (Lipinski definition) is 3. The molecule has 114 valence electrons. The molecular formula is C16H21NO4. The fourth-order valence-electron chi connectivity index (χ4n) is 2.55. The number of carboxylic acid groups (broad SMARTS) is 1. The Balaban J connectivity index is 1.92. The van der Waals surface area contributed by atoms with E-state index >= 15 is 0 Å². The van der Waals surface area contributed by atoms with Crippen LogP contribution in [0.4, 0.5) is 0 Å². The summed E-state index contributed by atoms with van der Waals surface area (Å²) in [6, 6.07) is 9.84. The maximum Gasteiger partial charge on any atom is 0.303 e. The minimum Gasteiger partial charge on any atom is -0.481 e. The van der Waals surface area contributed by atoms with Gasteiger partial charge < -0.3 is 14.7 Å². The van der Waals surface area contributed by atoms with E-state index in [4.69, 9.17) is 9.84 Å². The van der Waals surface area contributed by atoms with Gasteiger partial charge in [-0.2, -0.15) is 0 Å². The van der Waals surface area contributed by atoms with E-state index in [-0.39, 0.29) is 18.4 Å². The minimum absolute atomic E-state index is 0.0353. The van der Waals surface area contributed by atoms with E-state index in [0.29, 0.717) is 39.0 Å². The van der Waals surface area contributed by atoms with Crippen molar-refractivity contribution in [1.29, 1.82) is 0 Å². The summed E-state index contributed by atoms with van der Waals surface area (Å²) in [7, 11) is 0. The molecule has 1 aliphatic heterocycles. The standard InChI is InChI=1S/C16H21NO4/c18-15(8-4-5-9-16(19)20)17-10-11-21-12-14(17)13-6-2-1-3-7-13/h1-3,6-7,14H,4-5,8-12H2,(H,19,20). The second kappa shape index (κ2) is 7.78. The molecule has 1 unspecified atom stereocenters. The summed E-state index contributed by atoms with van der Waals surface area (Å²) in [5.74, 6) is -0.728. The van der Waals surface area contributed by atoms with Gasteiger partial charge in [0.1, 0.15) is 0 Å². The number of rotatable bonds is 6. The number of ether oxygens (including phenoxy) is 1. The number of carboxylic acids is 1. The van der Waals surface area contributed by atoms with Crippen molar-refractivity contribution in [2.24, 2.45) is 0 Å². The van der Waals surface area contributed by atoms with Gasteiger partial charge in [0.25, 0.3) is 0 Å². The van der Waals surface area contributed by atoms with Crippen molar-refractivity contribution in [2.75, 3.05) is 19.8 Å². The van der Waals surface area contributed by atoms with Gasteiger partial charge in [-0.1, -0.05) is 30.3 Å². The van der Waals surface area contributed by atoms with Gasteiger partial charge in [0.05, 0.1) is 19.3 Å². The fourth-order valence-corrected chi connectivity index (χ4v) is 2.55. The van der Waals surface area contributed by atoms with Crippen LogP contribution in [-0.4, -0.2) is 41.6 Å². The van der Waals surface area contributed by atoms with Crippen LogP contribution in [0.15, 0.2) is 30.3 Å². The molecule has 1 aliphatic rings. The average molecular weight is 291 g/mol. The molecule has 1 heterocycles. The highest BCUT2D eigenvalue weighted by Crippen LogP contribution is 2.25. The predicted molar refractivity (Wildman–Crippen MR) is 77.8 cm³/mol. The van der Waals surface area contributed by atoms with Gasteiger partial charge in [0, 0.05) is 19.4 Å². The van der Waals surface area contributed by atoms with Gasteiger partial charge in [-0.15, -0.1) is 0 Å². The summed E-state index contributed by atoms with van der Waals surface area (Å²) in [4.78, 5) is 24.7. The second-order valence-electron chi connectivity index (χ2n) is 5.19. The number of amides is 1. The van der Waals surface area contributed by atoms with Crippen LogP contribution in [0.5, 0.6) is 0 Å². The van der Waals surface area contributed by atoms with Gasteiger partial charge >= 0.3 is 5.97 Å². The van der Waals surface area contributed by atoms with E-state index in [1.807, 2.05) is 35.2 Å². The first-order valence-electron chi connectivity index (χ1n) is 7.32. The zero-order chi connectivity index (χ0) is 15.1. The molecule has 21 heavy (non-hydrogen) atoms. The highest BCUT2D eigenvalue weighted by Gasteiger charge is 2.27. The van der Waals surface area contributed by atoms with Crippen LogP contribution in [0, 0.1) is 0 Å². The van der Waals surface area contributed by atoms with E-state index in [2.05, 4.69) is 0 Å². The Morgan fingerprint density at radius 1 is 1.19 bits per heavy atom. The highest BCUT2D eigenvalue weighted by atomic mass is 16.5. The van der Waals surface area contributed by atoms with Gasteiger partial charge in [-0.25, -0.2) is 0 Å². The number of carbonyl (C=O) groups is 2. The summed E-state index contributed by atoms with van der Waals surface area (Å²) < 4.78 is 5.50. The third-order valence-corrected chi connectivity index (χ3v) is 3.66. The molecule has 1 aromatic rings. The maximum atomic E-state index is 12.3. The lowest BCUT2D eigenvalue weighted by Crippen LogP contribution is -2.43. The Morgan fingerprint density at radius 3 is 2.62 bits per heavy atom. The van der Waals surface area contributed by atoms with Crippen LogP contribution in [0.1, 0.15) is 37.3 Å². The van der Waals surface area contributed by atoms with Gasteiger partial charge in [0.15, 0.2) is 0 Å². The van der Waals surface area contributed by atoms with Crippen LogP contribution in [-0.2, 0) is 14.3 Å². The zero-order valence-corrected chi connectivity index (χ0v) is 12.0. The largest absolute Gasteiger partial charge is 0.481 e. The topological polar surface area (TPSA) is 66.8 Å². The smallest absolute Gasteiger partial charge is 0.303 e. The van der Waals surface area contributed by atoms with Crippen molar-refractivity contribution in [3.8, 4) is 0 Å². The van der Waals surface area contributed by atoms with Crippen molar-refractivity contribution in [3.63, 3.8) is 0 Å². The van der Waals surface area contributed by atoms with Gasteiger partial charge in [-0.05, 0) is 18.4 Å². The third kappa shape index (κ3) is 4.56. The van der Waals surface area contributed by atoms with Crippen LogP contribution in [0.2, 0.25) is 0 Å². The van der Waals surface area contributed by atoms with Gasteiger partial charge in [0.2, 0.25) is 5.91 Å². The average Bonchev–Trinajstić information content (AvgIpc) is 2.52. The first-order valence-corrected chi connectivity index (χ1v) is 7.32. The highest BCUT2D eigenvalue weighted by molar-refractivity contribution is 5.77. The summed E-state index contributed by atoms with van der Waals surface area (Å²) in [5.41, 5.74) is 1.08. The molecule has 1 saturated heterocycles. The van der Waals surface area contributed by atoms with E-state index < -0.39 is 5.97 Å². The van der Waals surface area contributed by atoms with Crippen molar-refractivity contribution < 1.29 is 19.4 Å². The third-order valence-electron chi connectivity index (χ3n) is 3.66. The van der Waals surface area contributed by atoms with Crippen LogP contribution >= 0.6 is 0 Å². The lowest BCUT2D eigenvalue weighted by atomic mass is 10.0. The SMILES string of the molecule is O=C(O)CCCCC(=O)N1CCOCC1c1ccccc1. The Labute approximate surface area is 124 Å². The number of benzene rings is 1. The summed E-state index contributed by atoms with van der Waals surface area (Å²) >= 11 is 0. The molecule has 0 aromatic heterocycles. The van der Waals surface area contributed by atoms with Crippen LogP contribution in [0.25, 0.3) is 0 Å². The Hall–Kier alpha value is -1.88. The normalized spacial score (nSPS) is 18.5. The molecule has 0 radical (unpaired) electrons. The lowest BCUT2D eigenvalue weighted by molar-refractivity contribution is -0.141. The first kappa shape index (κ1) is 15.5. The zero-order valence-electron chi connectivity index (χ0n) is 12.0. The number of nitrogens with zero attached hydrogens (tertiary/aromatic N) is 1. The number of morpholine rings is 1. The maximum absolute atomic E-state index is 12.3. The number of aliphatic carboxylic acids is 1. The van der Waals surface area contributed by atoms with Crippen molar-refractivity contribution in [2.45, 2.75) is 31.7 Å². The Bertz CT molecular complexity index is 474. The predicted octanol–water partition coefficient (Wildman–Crippen LogP) is 2.23. The lowest BCUT2D eigenvalue weighted by Gasteiger charge is -2.36. The van der Waals surface area contributed by atoms with E-state index in [1.165, 1.54) is 0 Å². The summed E-state index contributed by atoms with van der Waals surface area (Å²) in [6.45, 7) is 1.67. The Morgan fingerprint density at radius 2 is 1.90 bits per heavy atom. The van der Waals surface area contributed by atoms with Gasteiger partial charge in [-0.3, -0.25) is 9.59 Å². The number of hydrogen-bond donors (Lipinski definition) is 1. The summed E-state index contributed by atoms with van der Waals surface area (Å²) in [5, 5.41) is 8.61. The monoisotopic (exact) mass is 291 g/mol. The molecular weight excluding hydrogens is 270 g/mol. The molecule has 0 saturated carbocycles. The summed E-state index contributed by atoms with van der Waals surface area (Å²) in [6.07, 6.45) is 1.68. The van der Waals surface area contributed by atoms with Crippen molar-refractivity contribution in [3.05, 3.63) is 35.9 Å². The van der Waals surface area contributed by atoms with Crippen molar-refractivity contribution >= 4 is 11.9 Å². The molecule has 1 N–H and O–H groups in total. The molecule has 0 bridgehead atoms. The molecule has 1 atom stereocenters. The first-order chi connectivity index (χ1) is 10.2. The molecule has 1 amide bonds. The van der Waals surface area contributed by atoms with E-state index in [1.54, 1.807) is 0 Å². The second-order valence-corrected chi connectivity index (χ2v) is 5.19. The molecule has 0 aliphatic carbocycles. The molecule has 1 fully saturated rings. The molecule has 5 nitrogen and oxygen atoms in total. The molecule has 2 rings (SSSR count). The number of unbranched alkanes of at least 4 members (excludes halogenated alkanes) is 1. The molecule has 5 heteroatoms. The Kier molecular flexibility index (Phi) is 5.75. The number of carbonyl (C=O) groups excluding carboxylic acids is 1. The van der Waals surface area contributed by atoms with Crippen LogP contribution in [0.3, 0.4) is 0 Å².